The van der Waals surface area contributed by atoms with Crippen LogP contribution >= 0.6 is 0 Å². The number of nitrogens with one attached hydrogen (secondary N) is 1. The Morgan fingerprint density at radius 3 is 2.76 bits per heavy atom. The summed E-state index contributed by atoms with van der Waals surface area (Å²) in [4.78, 5) is 30.9. The second-order valence-electron chi connectivity index (χ2n) is 5.95. The number of imidazole rings is 1. The quantitative estimate of drug-likeness (QED) is 0.624. The van der Waals surface area contributed by atoms with Gasteiger partial charge in [0.15, 0.2) is 0 Å². The van der Waals surface area contributed by atoms with Crippen molar-refractivity contribution in [1.82, 2.24) is 19.1 Å². The van der Waals surface area contributed by atoms with Crippen LogP contribution < -0.4 is 11.2 Å². The summed E-state index contributed by atoms with van der Waals surface area (Å²) in [5, 5.41) is 0.514. The fourth-order valence-electron chi connectivity index (χ4n) is 2.99. The summed E-state index contributed by atoms with van der Waals surface area (Å²) in [5.74, 6) is 0. The fraction of sp³-hybridized carbons (Fsp3) is 0.105. The first-order chi connectivity index (χ1) is 12.1. The van der Waals surface area contributed by atoms with Gasteiger partial charge in [-0.15, -0.1) is 0 Å². The number of fused-ring (bicyclic) bond motifs is 1. The highest BCUT2D eigenvalue weighted by atomic mass is 16.2. The molecule has 0 unspecified atom stereocenters. The van der Waals surface area contributed by atoms with Crippen molar-refractivity contribution in [1.29, 1.82) is 0 Å². The Morgan fingerprint density at radius 2 is 1.96 bits per heavy atom. The molecule has 1 N–H and O–H groups in total. The monoisotopic (exact) mass is 332 g/mol. The summed E-state index contributed by atoms with van der Waals surface area (Å²) in [6.07, 6.45) is 6.08. The van der Waals surface area contributed by atoms with E-state index in [1.807, 2.05) is 41.1 Å². The normalized spacial score (nSPS) is 11.1. The van der Waals surface area contributed by atoms with E-state index in [2.05, 4.69) is 16.0 Å². The molecule has 25 heavy (non-hydrogen) atoms. The maximum atomic E-state index is 12.3. The van der Waals surface area contributed by atoms with Gasteiger partial charge in [-0.05, 0) is 35.7 Å². The summed E-state index contributed by atoms with van der Waals surface area (Å²) in [6, 6.07) is 13.6. The van der Waals surface area contributed by atoms with Gasteiger partial charge in [-0.1, -0.05) is 24.3 Å². The zero-order valence-corrected chi connectivity index (χ0v) is 13.6. The maximum absolute atomic E-state index is 12.3. The molecular weight excluding hydrogens is 316 g/mol. The minimum Gasteiger partial charge on any atom is -0.307 e. The highest BCUT2D eigenvalue weighted by Gasteiger charge is 2.08. The summed E-state index contributed by atoms with van der Waals surface area (Å²) in [7, 11) is 1.47. The van der Waals surface area contributed by atoms with Gasteiger partial charge in [0.1, 0.15) is 0 Å². The number of aromatic amines is 1. The molecule has 2 aromatic carbocycles. The summed E-state index contributed by atoms with van der Waals surface area (Å²) >= 11 is 0. The van der Waals surface area contributed by atoms with Crippen molar-refractivity contribution in [3.05, 3.63) is 93.2 Å². The third kappa shape index (κ3) is 2.67. The predicted octanol–water partition coefficient (Wildman–Crippen LogP) is 2.00. The van der Waals surface area contributed by atoms with Crippen molar-refractivity contribution in [2.75, 3.05) is 0 Å². The molecule has 0 spiro atoms. The molecule has 0 saturated carbocycles. The molecule has 124 valence electrons. The number of hydrogen-bond donors (Lipinski definition) is 1. The van der Waals surface area contributed by atoms with E-state index in [-0.39, 0.29) is 5.56 Å². The van der Waals surface area contributed by atoms with Crippen LogP contribution in [0.25, 0.3) is 16.6 Å². The highest BCUT2D eigenvalue weighted by molar-refractivity contribution is 5.78. The minimum atomic E-state index is -0.407. The van der Waals surface area contributed by atoms with Gasteiger partial charge in [0, 0.05) is 25.1 Å². The van der Waals surface area contributed by atoms with Crippen molar-refractivity contribution in [3.8, 4) is 5.69 Å². The van der Waals surface area contributed by atoms with E-state index in [4.69, 9.17) is 0 Å². The molecule has 2 aromatic heterocycles. The molecule has 0 aliphatic rings. The molecule has 0 fully saturated rings. The van der Waals surface area contributed by atoms with Crippen LogP contribution in [0, 0.1) is 0 Å². The van der Waals surface area contributed by atoms with Gasteiger partial charge in [-0.3, -0.25) is 9.36 Å². The number of para-hydroxylation sites is 1. The zero-order chi connectivity index (χ0) is 17.4. The molecule has 4 aromatic rings. The summed E-state index contributed by atoms with van der Waals surface area (Å²) in [5.41, 5.74) is 3.04. The van der Waals surface area contributed by atoms with Crippen LogP contribution in [0.4, 0.5) is 0 Å². The summed E-state index contributed by atoms with van der Waals surface area (Å²) in [6.45, 7) is 0. The Morgan fingerprint density at radius 1 is 1.12 bits per heavy atom. The van der Waals surface area contributed by atoms with E-state index < -0.39 is 5.69 Å². The van der Waals surface area contributed by atoms with Crippen LogP contribution in [0.15, 0.2) is 70.8 Å². The Kier molecular flexibility index (Phi) is 3.57. The van der Waals surface area contributed by atoms with E-state index in [1.54, 1.807) is 18.6 Å². The molecule has 2 heterocycles. The van der Waals surface area contributed by atoms with Crippen LogP contribution in [0.3, 0.4) is 0 Å². The van der Waals surface area contributed by atoms with Crippen LogP contribution in [-0.2, 0) is 13.5 Å². The third-order valence-electron chi connectivity index (χ3n) is 4.33. The van der Waals surface area contributed by atoms with Crippen molar-refractivity contribution in [2.45, 2.75) is 6.42 Å². The molecule has 0 amide bonds. The van der Waals surface area contributed by atoms with Crippen LogP contribution in [0.2, 0.25) is 0 Å². The van der Waals surface area contributed by atoms with Crippen molar-refractivity contribution >= 4 is 10.9 Å². The van der Waals surface area contributed by atoms with Crippen LogP contribution in [0.1, 0.15) is 11.1 Å². The van der Waals surface area contributed by atoms with Crippen molar-refractivity contribution in [3.63, 3.8) is 0 Å². The lowest BCUT2D eigenvalue weighted by molar-refractivity contribution is 0.793. The van der Waals surface area contributed by atoms with Gasteiger partial charge < -0.3 is 9.55 Å². The van der Waals surface area contributed by atoms with Gasteiger partial charge in [0.2, 0.25) is 0 Å². The third-order valence-corrected chi connectivity index (χ3v) is 4.33. The van der Waals surface area contributed by atoms with Crippen molar-refractivity contribution < 1.29 is 0 Å². The van der Waals surface area contributed by atoms with Crippen molar-refractivity contribution in [2.24, 2.45) is 7.05 Å². The Bertz CT molecular complexity index is 1170. The number of hydrogen-bond acceptors (Lipinski definition) is 3. The average Bonchev–Trinajstić information content (AvgIpc) is 3.15. The smallest absolute Gasteiger partial charge is 0.307 e. The van der Waals surface area contributed by atoms with Gasteiger partial charge in [0.25, 0.3) is 5.56 Å². The largest absolute Gasteiger partial charge is 0.328 e. The number of benzene rings is 2. The second-order valence-corrected chi connectivity index (χ2v) is 5.95. The van der Waals surface area contributed by atoms with Crippen LogP contribution in [0.5, 0.6) is 0 Å². The Balaban J connectivity index is 1.80. The molecule has 0 saturated heterocycles. The molecule has 0 radical (unpaired) electrons. The SMILES string of the molecule is Cn1c(=O)[nH]c2ccc(Cc3ccccc3-n3ccnc3)cc2c1=O. The molecule has 0 aliphatic carbocycles. The Hall–Kier alpha value is -3.41. The molecule has 0 aliphatic heterocycles. The predicted molar refractivity (Wildman–Crippen MR) is 96.2 cm³/mol. The number of aromatic nitrogens is 4. The standard InChI is InChI=1S/C19H16N4O2/c1-22-18(24)15-11-13(6-7-16(15)21-19(22)25)10-14-4-2-3-5-17(14)23-9-8-20-12-23/h2-9,11-12H,10H2,1H3,(H,21,25). The molecular formula is C19H16N4O2. The molecule has 6 nitrogen and oxygen atoms in total. The number of rotatable bonds is 3. The van der Waals surface area contributed by atoms with E-state index >= 15 is 0 Å². The van der Waals surface area contributed by atoms with Gasteiger partial charge in [-0.2, -0.15) is 0 Å². The highest BCUT2D eigenvalue weighted by Crippen LogP contribution is 2.19. The topological polar surface area (TPSA) is 72.7 Å². The van der Waals surface area contributed by atoms with E-state index in [0.29, 0.717) is 17.3 Å². The average molecular weight is 332 g/mol. The molecule has 0 bridgehead atoms. The Labute approximate surface area is 143 Å². The molecule has 4 rings (SSSR count). The first-order valence-corrected chi connectivity index (χ1v) is 7.91. The lowest BCUT2D eigenvalue weighted by Gasteiger charge is -2.11. The molecule has 6 heteroatoms. The fourth-order valence-corrected chi connectivity index (χ4v) is 2.99. The first-order valence-electron chi connectivity index (χ1n) is 7.91. The van der Waals surface area contributed by atoms with E-state index in [0.717, 1.165) is 21.4 Å². The van der Waals surface area contributed by atoms with Crippen LogP contribution in [-0.4, -0.2) is 19.1 Å². The van der Waals surface area contributed by atoms with Gasteiger partial charge in [-0.25, -0.2) is 9.78 Å². The second kappa shape index (κ2) is 5.90. The first kappa shape index (κ1) is 15.1. The maximum Gasteiger partial charge on any atom is 0.328 e. The minimum absolute atomic E-state index is 0.288. The lowest BCUT2D eigenvalue weighted by Crippen LogP contribution is -2.32. The van der Waals surface area contributed by atoms with Gasteiger partial charge >= 0.3 is 5.69 Å². The van der Waals surface area contributed by atoms with E-state index in [1.165, 1.54) is 7.05 Å². The zero-order valence-electron chi connectivity index (χ0n) is 13.6. The number of H-pyrrole nitrogens is 1. The van der Waals surface area contributed by atoms with E-state index in [9.17, 15) is 9.59 Å². The molecule has 0 atom stereocenters. The van der Waals surface area contributed by atoms with Gasteiger partial charge in [0.05, 0.1) is 17.2 Å². The summed E-state index contributed by atoms with van der Waals surface area (Å²) < 4.78 is 3.05. The lowest BCUT2D eigenvalue weighted by atomic mass is 10.0. The number of nitrogens with zero attached hydrogens (tertiary/aromatic N) is 3.